The zero-order valence-corrected chi connectivity index (χ0v) is 16.1. The standard InChI is InChI=1S/C4H2Br6N2S/c5-3(6,7)2-11-12(1-13-2)4(8,9)10/h1H2. The molecule has 0 saturated heterocycles. The molecule has 1 aliphatic heterocycles. The minimum Gasteiger partial charge on any atom is -0.249 e. The van der Waals surface area contributed by atoms with Crippen LogP contribution in [0.5, 0.6) is 0 Å². The zero-order chi connectivity index (χ0) is 10.3. The Labute approximate surface area is 131 Å². The monoisotopic (exact) mass is 584 g/mol. The van der Waals surface area contributed by atoms with E-state index in [0.717, 1.165) is 10.9 Å². The van der Waals surface area contributed by atoms with Crippen LogP contribution in [0.25, 0.3) is 0 Å². The van der Waals surface area contributed by atoms with Gasteiger partial charge in [-0.1, -0.05) is 59.6 Å². The fraction of sp³-hybridized carbons (Fsp3) is 0.750. The minimum absolute atomic E-state index is 0.426. The molecule has 0 bridgehead atoms. The molecule has 9 heteroatoms. The summed E-state index contributed by atoms with van der Waals surface area (Å²) in [6, 6.07) is 0. The third-order valence-electron chi connectivity index (χ3n) is 1.07. The van der Waals surface area contributed by atoms with Crippen LogP contribution in [0.1, 0.15) is 0 Å². The first-order chi connectivity index (χ1) is 5.71. The smallest absolute Gasteiger partial charge is 0.222 e. The Morgan fingerprint density at radius 3 is 1.92 bits per heavy atom. The topological polar surface area (TPSA) is 15.6 Å². The molecule has 0 unspecified atom stereocenters. The molecule has 0 aromatic carbocycles. The fourth-order valence-corrected chi connectivity index (χ4v) is 3.75. The second kappa shape index (κ2) is 4.91. The van der Waals surface area contributed by atoms with Gasteiger partial charge in [-0.25, -0.2) is 5.01 Å². The largest absolute Gasteiger partial charge is 0.249 e. The zero-order valence-electron chi connectivity index (χ0n) is 5.78. The molecule has 0 saturated carbocycles. The molecule has 1 rings (SSSR count). The average Bonchev–Trinajstić information content (AvgIpc) is 2.28. The fourth-order valence-electron chi connectivity index (χ4n) is 0.558. The van der Waals surface area contributed by atoms with Gasteiger partial charge in [-0.05, 0) is 47.8 Å². The Hall–Kier alpha value is 2.70. The molecule has 1 aliphatic rings. The third kappa shape index (κ3) is 4.22. The van der Waals surface area contributed by atoms with Crippen molar-refractivity contribution in [3.63, 3.8) is 0 Å². The highest BCUT2D eigenvalue weighted by Crippen LogP contribution is 2.46. The number of hydrogen-bond donors (Lipinski definition) is 0. The third-order valence-corrected chi connectivity index (χ3v) is 5.25. The van der Waals surface area contributed by atoms with Gasteiger partial charge in [-0.2, -0.15) is 5.10 Å². The molecule has 0 aromatic rings. The average molecular weight is 590 g/mol. The number of thioether (sulfide) groups is 1. The summed E-state index contributed by atoms with van der Waals surface area (Å²) < 4.78 is -0.898. The lowest BCUT2D eigenvalue weighted by atomic mass is 10.9. The molecule has 13 heavy (non-hydrogen) atoms. The van der Waals surface area contributed by atoms with Gasteiger partial charge in [0.15, 0.2) is 2.14 Å². The number of hydrogen-bond acceptors (Lipinski definition) is 3. The summed E-state index contributed by atoms with van der Waals surface area (Å²) in [7, 11) is 0. The van der Waals surface area contributed by atoms with Crippen LogP contribution in [0.4, 0.5) is 0 Å². The molecule has 0 spiro atoms. The van der Waals surface area contributed by atoms with Crippen LogP contribution in [0.15, 0.2) is 5.10 Å². The molecule has 1 heterocycles. The van der Waals surface area contributed by atoms with Crippen molar-refractivity contribution >= 4 is 112 Å². The molecule has 0 atom stereocenters. The molecular formula is C4H2Br6N2S. The Balaban J connectivity index is 2.76. The lowest BCUT2D eigenvalue weighted by Gasteiger charge is -2.22. The number of halogens is 6. The lowest BCUT2D eigenvalue weighted by Crippen LogP contribution is -2.25. The number of alkyl halides is 6. The van der Waals surface area contributed by atoms with Crippen molar-refractivity contribution in [1.29, 1.82) is 0 Å². The molecule has 2 nitrogen and oxygen atoms in total. The summed E-state index contributed by atoms with van der Waals surface area (Å²) in [6.07, 6.45) is 0. The maximum atomic E-state index is 4.36. The second-order valence-electron chi connectivity index (χ2n) is 2.04. The molecular weight excluding hydrogens is 588 g/mol. The quantitative estimate of drug-likeness (QED) is 0.294. The van der Waals surface area contributed by atoms with E-state index in [-0.39, 0.29) is 0 Å². The molecule has 0 N–H and O–H groups in total. The van der Waals surface area contributed by atoms with Crippen molar-refractivity contribution in [2.24, 2.45) is 5.10 Å². The first-order valence-electron chi connectivity index (χ1n) is 2.84. The van der Waals surface area contributed by atoms with Gasteiger partial charge in [0.25, 0.3) is 0 Å². The first-order valence-corrected chi connectivity index (χ1v) is 8.58. The summed E-state index contributed by atoms with van der Waals surface area (Å²) >= 11 is 22.0. The predicted octanol–water partition coefficient (Wildman–Crippen LogP) is 4.94. The van der Waals surface area contributed by atoms with E-state index in [9.17, 15) is 0 Å². The van der Waals surface area contributed by atoms with Crippen LogP contribution < -0.4 is 0 Å². The molecule has 76 valence electrons. The van der Waals surface area contributed by atoms with E-state index in [1.165, 1.54) is 0 Å². The van der Waals surface area contributed by atoms with Gasteiger partial charge in [0.1, 0.15) is 5.04 Å². The van der Waals surface area contributed by atoms with Gasteiger partial charge in [0, 0.05) is 0 Å². The van der Waals surface area contributed by atoms with Crippen LogP contribution in [0.3, 0.4) is 0 Å². The van der Waals surface area contributed by atoms with Gasteiger partial charge in [-0.3, -0.25) is 0 Å². The molecule has 0 amide bonds. The van der Waals surface area contributed by atoms with Crippen molar-refractivity contribution in [1.82, 2.24) is 5.01 Å². The van der Waals surface area contributed by atoms with Crippen LogP contribution in [0.2, 0.25) is 0 Å². The highest BCUT2D eigenvalue weighted by Gasteiger charge is 2.37. The van der Waals surface area contributed by atoms with E-state index >= 15 is 0 Å². The Bertz CT molecular complexity index is 230. The molecule has 0 aromatic heterocycles. The minimum atomic E-state index is -0.472. The molecule has 0 fully saturated rings. The summed E-state index contributed by atoms with van der Waals surface area (Å²) in [5, 5.41) is 7.10. The van der Waals surface area contributed by atoms with Crippen molar-refractivity contribution in [3.05, 3.63) is 0 Å². The van der Waals surface area contributed by atoms with E-state index in [2.05, 4.69) is 101 Å². The van der Waals surface area contributed by atoms with Gasteiger partial charge in [0.2, 0.25) is 2.27 Å². The maximum Gasteiger partial charge on any atom is 0.222 e. The summed E-state index contributed by atoms with van der Waals surface area (Å²) in [4.78, 5) is 0. The predicted molar refractivity (Wildman–Crippen MR) is 80.8 cm³/mol. The summed E-state index contributed by atoms with van der Waals surface area (Å²) in [6.45, 7) is 0. The van der Waals surface area contributed by atoms with Crippen molar-refractivity contribution in [3.8, 4) is 0 Å². The van der Waals surface area contributed by atoms with E-state index in [1.807, 2.05) is 5.01 Å². The highest BCUT2D eigenvalue weighted by molar-refractivity contribution is 9.40. The van der Waals surface area contributed by atoms with E-state index in [0.29, 0.717) is 0 Å². The van der Waals surface area contributed by atoms with Crippen molar-refractivity contribution in [2.45, 2.75) is 4.41 Å². The second-order valence-corrected chi connectivity index (χ2v) is 16.4. The first kappa shape index (κ1) is 13.8. The van der Waals surface area contributed by atoms with Crippen LogP contribution in [-0.4, -0.2) is 20.3 Å². The van der Waals surface area contributed by atoms with Crippen LogP contribution >= 0.6 is 107 Å². The SMILES string of the molecule is BrC(Br)(Br)C1=NN(C(Br)(Br)Br)CS1. The Morgan fingerprint density at radius 2 is 1.69 bits per heavy atom. The Morgan fingerprint density at radius 1 is 1.15 bits per heavy atom. The van der Waals surface area contributed by atoms with E-state index in [1.54, 1.807) is 11.8 Å². The number of nitrogens with zero attached hydrogens (tertiary/aromatic N) is 2. The van der Waals surface area contributed by atoms with Crippen LogP contribution in [-0.2, 0) is 0 Å². The molecule has 0 aliphatic carbocycles. The maximum absolute atomic E-state index is 4.36. The summed E-state index contributed by atoms with van der Waals surface area (Å²) in [5.41, 5.74) is 0. The van der Waals surface area contributed by atoms with Crippen molar-refractivity contribution in [2.75, 3.05) is 5.88 Å². The Kier molecular flexibility index (Phi) is 5.20. The summed E-state index contributed by atoms with van der Waals surface area (Å²) in [5.74, 6) is 0.766. The number of hydrazone groups is 1. The van der Waals surface area contributed by atoms with Crippen molar-refractivity contribution < 1.29 is 0 Å². The molecule has 0 radical (unpaired) electrons. The van der Waals surface area contributed by atoms with Gasteiger partial charge in [0.05, 0.1) is 5.88 Å². The number of rotatable bonds is 0. The lowest BCUT2D eigenvalue weighted by molar-refractivity contribution is 0.382. The van der Waals surface area contributed by atoms with Gasteiger partial charge in [-0.15, -0.1) is 0 Å². The van der Waals surface area contributed by atoms with E-state index in [4.69, 9.17) is 0 Å². The van der Waals surface area contributed by atoms with Crippen LogP contribution in [0, 0.1) is 0 Å². The van der Waals surface area contributed by atoms with Gasteiger partial charge >= 0.3 is 0 Å². The normalized spacial score (nSPS) is 19.2. The highest BCUT2D eigenvalue weighted by atomic mass is 80.0. The van der Waals surface area contributed by atoms with E-state index < -0.39 is 4.41 Å². The van der Waals surface area contributed by atoms with Gasteiger partial charge < -0.3 is 0 Å².